The van der Waals surface area contributed by atoms with E-state index >= 15 is 0 Å². The lowest BCUT2D eigenvalue weighted by molar-refractivity contribution is -0.125. The fraction of sp³-hybridized carbons (Fsp3) is 0.417. The van der Waals surface area contributed by atoms with Crippen LogP contribution in [0, 0.1) is 0 Å². The molecule has 4 aliphatic heterocycles. The molecule has 0 aromatic heterocycles. The number of anilines is 1. The van der Waals surface area contributed by atoms with Gasteiger partial charge in [-0.2, -0.15) is 0 Å². The zero-order chi connectivity index (χ0) is 46.0. The first kappa shape index (κ1) is 48.4. The third-order valence-electron chi connectivity index (χ3n) is 12.6. The number of carbonyl (C=O) groups is 4. The average molecular weight is 1010 g/mol. The zero-order valence-corrected chi connectivity index (χ0v) is 40.0. The van der Waals surface area contributed by atoms with Crippen LogP contribution in [0.25, 0.3) is 0 Å². The third-order valence-corrected chi connectivity index (χ3v) is 13.9. The maximum Gasteiger partial charge on any atom is 0.316 e. The number of carbonyl (C=O) groups excluding carboxylic acids is 4. The van der Waals surface area contributed by atoms with E-state index in [1.165, 1.54) is 11.1 Å². The van der Waals surface area contributed by atoms with Gasteiger partial charge in [0.15, 0.2) is 13.2 Å². The van der Waals surface area contributed by atoms with E-state index in [0.717, 1.165) is 79.0 Å². The lowest BCUT2D eigenvalue weighted by atomic mass is 9.96. The number of benzene rings is 4. The summed E-state index contributed by atoms with van der Waals surface area (Å²) in [4.78, 5) is 53.3. The minimum atomic E-state index is -0.696. The number of primary amides is 1. The Balaban J connectivity index is 0.000000194. The number of hydrogen-bond acceptors (Lipinski definition) is 8. The first-order chi connectivity index (χ1) is 31.3. The number of fused-ring (bicyclic) bond motifs is 4. The molecule has 13 nitrogen and oxygen atoms in total. The SMILES string of the molecule is CNC(=O)Cc1cc(Cl)ccc1OCC(=O)NC1CC2CCC(C1)N2Cc1ccc(Cl)cc1.NC(=O)Nc1cc(Br)ccc1OCC(=O)NC1CC2CCC(C1)N2Cc1ccc(Cl)cc1. The van der Waals surface area contributed by atoms with Gasteiger partial charge in [-0.3, -0.25) is 24.2 Å². The first-order valence-electron chi connectivity index (χ1n) is 22.0. The average Bonchev–Trinajstić information content (AvgIpc) is 3.63. The minimum Gasteiger partial charge on any atom is -0.483 e. The van der Waals surface area contributed by atoms with E-state index in [9.17, 15) is 19.2 Å². The monoisotopic (exact) mass is 1010 g/mol. The number of ether oxygens (including phenoxy) is 2. The second-order valence-electron chi connectivity index (χ2n) is 17.1. The quantitative estimate of drug-likeness (QED) is 0.0794. The molecule has 0 spiro atoms. The van der Waals surface area contributed by atoms with Crippen LogP contribution in [0.1, 0.15) is 68.1 Å². The van der Waals surface area contributed by atoms with Gasteiger partial charge in [0.05, 0.1) is 12.1 Å². The van der Waals surface area contributed by atoms with Crippen LogP contribution >= 0.6 is 50.7 Å². The summed E-state index contributed by atoms with van der Waals surface area (Å²) in [7, 11) is 1.58. The molecular formula is C48H55BrCl3N7O6. The van der Waals surface area contributed by atoms with Crippen molar-refractivity contribution < 1.29 is 28.7 Å². The van der Waals surface area contributed by atoms with Gasteiger partial charge in [0.2, 0.25) is 5.91 Å². The Kier molecular flexibility index (Phi) is 16.9. The van der Waals surface area contributed by atoms with Crippen molar-refractivity contribution in [2.75, 3.05) is 25.6 Å². The van der Waals surface area contributed by atoms with Gasteiger partial charge in [-0.05, 0) is 123 Å². The molecule has 4 saturated heterocycles. The first-order valence-corrected chi connectivity index (χ1v) is 23.9. The fourth-order valence-electron chi connectivity index (χ4n) is 9.67. The van der Waals surface area contributed by atoms with Gasteiger partial charge in [0.1, 0.15) is 11.5 Å². The molecule has 17 heteroatoms. The van der Waals surface area contributed by atoms with Gasteiger partial charge in [-0.15, -0.1) is 0 Å². The Morgan fingerprint density at radius 1 is 0.631 bits per heavy atom. The largest absolute Gasteiger partial charge is 0.483 e. The Labute approximate surface area is 403 Å². The maximum atomic E-state index is 12.6. The summed E-state index contributed by atoms with van der Waals surface area (Å²) in [6.45, 7) is 1.61. The standard InChI is InChI=1S/C25H29Cl2N3O3.C23H26BrClN4O3/c1-28-24(31)11-17-10-19(27)6-9-23(17)33-15-25(32)29-20-12-21-7-8-22(13-20)30(21)14-16-2-4-18(26)5-3-16;24-15-3-8-21(20(9-15)28-23(26)31)32-13-22(30)27-17-10-18-6-7-19(11-17)29(18)12-14-1-4-16(25)5-2-14/h2-6,9-10,20-22H,7-8,11-15H2,1H3,(H,28,31)(H,29,32);1-5,8-9,17-19H,6-7,10-13H2,(H,27,30)(H3,26,28,31). The highest BCUT2D eigenvalue weighted by Gasteiger charge is 2.42. The van der Waals surface area contributed by atoms with E-state index in [-0.39, 0.29) is 49.4 Å². The van der Waals surface area contributed by atoms with Gasteiger partial charge >= 0.3 is 6.03 Å². The summed E-state index contributed by atoms with van der Waals surface area (Å²) in [5, 5.41) is 13.4. The number of urea groups is 1. The lowest BCUT2D eigenvalue weighted by Gasteiger charge is -2.39. The third kappa shape index (κ3) is 13.7. The van der Waals surface area contributed by atoms with Gasteiger partial charge in [0, 0.05) is 81.5 Å². The predicted molar refractivity (Wildman–Crippen MR) is 258 cm³/mol. The number of nitrogens with one attached hydrogen (secondary N) is 4. The van der Waals surface area contributed by atoms with E-state index in [4.69, 9.17) is 50.0 Å². The van der Waals surface area contributed by atoms with Crippen LogP contribution in [0.5, 0.6) is 11.5 Å². The van der Waals surface area contributed by atoms with E-state index in [2.05, 4.69) is 71.3 Å². The van der Waals surface area contributed by atoms with Crippen LogP contribution in [0.4, 0.5) is 10.5 Å². The second kappa shape index (κ2) is 22.8. The topological polar surface area (TPSA) is 167 Å². The summed E-state index contributed by atoms with van der Waals surface area (Å²) in [6.07, 6.45) is 8.53. The molecule has 0 radical (unpaired) electrons. The highest BCUT2D eigenvalue weighted by molar-refractivity contribution is 9.10. The van der Waals surface area contributed by atoms with Crippen molar-refractivity contribution >= 4 is 80.2 Å². The molecule has 4 aliphatic rings. The molecule has 4 aromatic carbocycles. The fourth-order valence-corrected chi connectivity index (χ4v) is 10.5. The Morgan fingerprint density at radius 2 is 1.08 bits per heavy atom. The van der Waals surface area contributed by atoms with Gasteiger partial charge in [-0.25, -0.2) is 4.79 Å². The van der Waals surface area contributed by atoms with Crippen LogP contribution in [0.3, 0.4) is 0 Å². The number of hydrogen-bond donors (Lipinski definition) is 5. The normalized spacial score (nSPS) is 22.2. The van der Waals surface area contributed by atoms with Crippen molar-refractivity contribution in [2.45, 2.75) is 107 Å². The smallest absolute Gasteiger partial charge is 0.316 e. The number of likely N-dealkylation sites (N-methyl/N-ethyl adjacent to an activating group) is 1. The van der Waals surface area contributed by atoms with E-state index in [1.54, 1.807) is 43.4 Å². The molecule has 4 bridgehead atoms. The molecular weight excluding hydrogens is 957 g/mol. The van der Waals surface area contributed by atoms with Crippen molar-refractivity contribution in [3.05, 3.63) is 121 Å². The van der Waals surface area contributed by atoms with Gasteiger partial charge in [0.25, 0.3) is 11.8 Å². The van der Waals surface area contributed by atoms with E-state index < -0.39 is 6.03 Å². The summed E-state index contributed by atoms with van der Waals surface area (Å²) >= 11 is 21.4. The summed E-state index contributed by atoms with van der Waals surface area (Å²) < 4.78 is 12.2. The number of amides is 5. The highest BCUT2D eigenvalue weighted by atomic mass is 79.9. The molecule has 8 rings (SSSR count). The number of nitrogens with zero attached hydrogens (tertiary/aromatic N) is 2. The number of piperidine rings is 2. The van der Waals surface area contributed by atoms with Crippen molar-refractivity contribution in [3.8, 4) is 11.5 Å². The predicted octanol–water partition coefficient (Wildman–Crippen LogP) is 8.26. The number of rotatable bonds is 15. The molecule has 6 N–H and O–H groups in total. The van der Waals surface area contributed by atoms with Gasteiger partial charge in [-0.1, -0.05) is 75.0 Å². The summed E-state index contributed by atoms with van der Waals surface area (Å²) in [5.41, 5.74) is 8.81. The van der Waals surface area contributed by atoms with Crippen LogP contribution in [0.2, 0.25) is 15.1 Å². The Hall–Kier alpha value is -4.57. The van der Waals surface area contributed by atoms with Crippen LogP contribution in [-0.4, -0.2) is 90.1 Å². The van der Waals surface area contributed by atoms with Crippen molar-refractivity contribution in [2.24, 2.45) is 5.73 Å². The number of halogens is 4. The van der Waals surface area contributed by atoms with E-state index in [0.29, 0.717) is 51.9 Å². The van der Waals surface area contributed by atoms with E-state index in [1.807, 2.05) is 24.3 Å². The molecule has 0 aliphatic carbocycles. The van der Waals surface area contributed by atoms with Crippen LogP contribution in [-0.2, 0) is 33.9 Å². The summed E-state index contributed by atoms with van der Waals surface area (Å²) in [5.74, 6) is 0.420. The maximum absolute atomic E-state index is 12.6. The lowest BCUT2D eigenvalue weighted by Crippen LogP contribution is -2.50. The van der Waals surface area contributed by atoms with Crippen molar-refractivity contribution in [3.63, 3.8) is 0 Å². The molecule has 4 heterocycles. The number of nitrogens with two attached hydrogens (primary N) is 1. The van der Waals surface area contributed by atoms with Crippen molar-refractivity contribution in [1.82, 2.24) is 25.8 Å². The molecule has 65 heavy (non-hydrogen) atoms. The van der Waals surface area contributed by atoms with Crippen molar-refractivity contribution in [1.29, 1.82) is 0 Å². The molecule has 4 atom stereocenters. The molecule has 5 amide bonds. The highest BCUT2D eigenvalue weighted by Crippen LogP contribution is 2.38. The Morgan fingerprint density at radius 3 is 1.54 bits per heavy atom. The minimum absolute atomic E-state index is 0.0945. The van der Waals surface area contributed by atoms with Gasteiger partial charge < -0.3 is 36.5 Å². The Bertz CT molecular complexity index is 2280. The molecule has 4 aromatic rings. The molecule has 0 saturated carbocycles. The zero-order valence-electron chi connectivity index (χ0n) is 36.2. The van der Waals surface area contributed by atoms with Crippen LogP contribution < -0.4 is 36.5 Å². The molecule has 4 unspecified atom stereocenters. The molecule has 4 fully saturated rings. The van der Waals surface area contributed by atoms with Crippen LogP contribution in [0.15, 0.2) is 89.4 Å². The second-order valence-corrected chi connectivity index (χ2v) is 19.4. The summed E-state index contributed by atoms with van der Waals surface area (Å²) in [6, 6.07) is 27.7. The molecule has 346 valence electrons.